The second-order valence-electron chi connectivity index (χ2n) is 11.2. The number of nitrogens with two attached hydrogens (primary N) is 2. The first-order valence-electron chi connectivity index (χ1n) is 14.1. The van der Waals surface area contributed by atoms with E-state index in [0.717, 1.165) is 58.4 Å². The topological polar surface area (TPSA) is 78.2 Å². The molecule has 1 aliphatic carbocycles. The summed E-state index contributed by atoms with van der Waals surface area (Å²) < 4.78 is 8.14. The molecule has 202 valence electrons. The first kappa shape index (κ1) is 28.1. The summed E-state index contributed by atoms with van der Waals surface area (Å²) >= 11 is 0. The summed E-state index contributed by atoms with van der Waals surface area (Å²) in [6.07, 6.45) is 10.5. The molecule has 0 spiro atoms. The van der Waals surface area contributed by atoms with Crippen LogP contribution in [0.25, 0.3) is 10.9 Å². The molecule has 37 heavy (non-hydrogen) atoms. The van der Waals surface area contributed by atoms with E-state index in [1.54, 1.807) is 0 Å². The Bertz CT molecular complexity index is 1130. The largest absolute Gasteiger partial charge is 0.381 e. The average molecular weight is 525 g/mol. The van der Waals surface area contributed by atoms with Crippen LogP contribution in [-0.4, -0.2) is 36.4 Å². The second-order valence-corrected chi connectivity index (χ2v) is 11.2. The Balaban J connectivity index is 0.00000320. The summed E-state index contributed by atoms with van der Waals surface area (Å²) in [5, 5.41) is 5.23. The van der Waals surface area contributed by atoms with E-state index in [1.165, 1.54) is 46.0 Å². The fraction of sp³-hybridized carbons (Fsp3) is 0.548. The quantitative estimate of drug-likeness (QED) is 0.338. The van der Waals surface area contributed by atoms with Crippen molar-refractivity contribution in [3.63, 3.8) is 0 Å². The molecule has 1 aliphatic heterocycles. The fourth-order valence-corrected chi connectivity index (χ4v) is 6.28. The molecule has 2 fully saturated rings. The molecule has 1 unspecified atom stereocenters. The van der Waals surface area contributed by atoms with Gasteiger partial charge in [-0.2, -0.15) is 0 Å². The molecule has 5 rings (SSSR count). The minimum absolute atomic E-state index is 0. The Morgan fingerprint density at radius 2 is 1.81 bits per heavy atom. The summed E-state index contributed by atoms with van der Waals surface area (Å²) in [5.74, 6) is 1.02. The van der Waals surface area contributed by atoms with Crippen molar-refractivity contribution in [3.05, 3.63) is 70.9 Å². The molecule has 2 heterocycles. The van der Waals surface area contributed by atoms with E-state index in [2.05, 4.69) is 65.5 Å². The van der Waals surface area contributed by atoms with Crippen molar-refractivity contribution >= 4 is 23.3 Å². The van der Waals surface area contributed by atoms with Gasteiger partial charge in [0.2, 0.25) is 0 Å². The second kappa shape index (κ2) is 13.3. The van der Waals surface area contributed by atoms with Gasteiger partial charge in [-0.15, -0.1) is 12.4 Å². The summed E-state index contributed by atoms with van der Waals surface area (Å²) in [6, 6.07) is 16.9. The average Bonchev–Trinajstić information content (AvgIpc) is 3.25. The molecule has 3 aromatic rings. The number of nitrogens with one attached hydrogen (secondary N) is 1. The van der Waals surface area contributed by atoms with E-state index in [1.807, 2.05) is 0 Å². The molecule has 0 amide bonds. The third kappa shape index (κ3) is 6.96. The Hall–Kier alpha value is -1.89. The van der Waals surface area contributed by atoms with Gasteiger partial charge in [-0.1, -0.05) is 35.9 Å². The number of aromatic nitrogens is 1. The minimum Gasteiger partial charge on any atom is -0.381 e. The van der Waals surface area contributed by atoms with Crippen LogP contribution in [0.3, 0.4) is 0 Å². The predicted octanol–water partition coefficient (Wildman–Crippen LogP) is 5.64. The lowest BCUT2D eigenvalue weighted by Crippen LogP contribution is -2.38. The van der Waals surface area contributed by atoms with Crippen molar-refractivity contribution in [3.8, 4) is 0 Å². The monoisotopic (exact) mass is 524 g/mol. The highest BCUT2D eigenvalue weighted by molar-refractivity contribution is 5.86. The highest BCUT2D eigenvalue weighted by Gasteiger charge is 2.24. The number of benzene rings is 2. The molecule has 1 aromatic heterocycles. The predicted molar refractivity (Wildman–Crippen MR) is 156 cm³/mol. The van der Waals surface area contributed by atoms with E-state index >= 15 is 0 Å². The lowest BCUT2D eigenvalue weighted by atomic mass is 9.86. The van der Waals surface area contributed by atoms with Gasteiger partial charge in [0, 0.05) is 61.4 Å². The zero-order valence-corrected chi connectivity index (χ0v) is 23.1. The Morgan fingerprint density at radius 1 is 1.03 bits per heavy atom. The van der Waals surface area contributed by atoms with Crippen molar-refractivity contribution < 1.29 is 4.74 Å². The minimum atomic E-state index is 0. The van der Waals surface area contributed by atoms with Crippen LogP contribution in [0.1, 0.15) is 73.1 Å². The lowest BCUT2D eigenvalue weighted by molar-refractivity contribution is 0.0616. The lowest BCUT2D eigenvalue weighted by Gasteiger charge is -2.28. The highest BCUT2D eigenvalue weighted by atomic mass is 35.5. The van der Waals surface area contributed by atoms with Gasteiger partial charge in [0.05, 0.1) is 0 Å². The van der Waals surface area contributed by atoms with Crippen molar-refractivity contribution in [2.75, 3.05) is 19.8 Å². The van der Waals surface area contributed by atoms with E-state index in [4.69, 9.17) is 16.2 Å². The van der Waals surface area contributed by atoms with Crippen molar-refractivity contribution in [1.82, 2.24) is 9.88 Å². The summed E-state index contributed by atoms with van der Waals surface area (Å²) in [6.45, 7) is 6.62. The molecular formula is C31H45ClN4O. The SMILES string of the molecule is Cc1cccc(C(CCNC2CCC(N)CC2)c2cn(CC3CCOCC3)c3ccc(CN)cc23)c1.Cl. The van der Waals surface area contributed by atoms with Gasteiger partial charge in [-0.25, -0.2) is 0 Å². The Kier molecular flexibility index (Phi) is 10.1. The maximum atomic E-state index is 6.14. The van der Waals surface area contributed by atoms with Crippen molar-refractivity contribution in [2.45, 2.75) is 83.0 Å². The first-order chi connectivity index (χ1) is 17.6. The van der Waals surface area contributed by atoms with Gasteiger partial charge in [-0.3, -0.25) is 0 Å². The number of aryl methyl sites for hydroxylation is 1. The number of hydrogen-bond donors (Lipinski definition) is 3. The molecule has 5 N–H and O–H groups in total. The zero-order valence-electron chi connectivity index (χ0n) is 22.3. The van der Waals surface area contributed by atoms with Crippen LogP contribution in [0.15, 0.2) is 48.7 Å². The summed E-state index contributed by atoms with van der Waals surface area (Å²) in [7, 11) is 0. The van der Waals surface area contributed by atoms with Crippen LogP contribution >= 0.6 is 12.4 Å². The highest BCUT2D eigenvalue weighted by Crippen LogP contribution is 2.36. The van der Waals surface area contributed by atoms with Crippen LogP contribution in [0, 0.1) is 12.8 Å². The number of fused-ring (bicyclic) bond motifs is 1. The van der Waals surface area contributed by atoms with Crippen LogP contribution in [0.4, 0.5) is 0 Å². The fourth-order valence-electron chi connectivity index (χ4n) is 6.28. The molecule has 2 aliphatic rings. The van der Waals surface area contributed by atoms with Crippen LogP contribution in [0.5, 0.6) is 0 Å². The maximum Gasteiger partial charge on any atom is 0.0483 e. The molecule has 1 saturated carbocycles. The Labute approximate surface area is 228 Å². The van der Waals surface area contributed by atoms with Gasteiger partial charge in [0.1, 0.15) is 0 Å². The maximum absolute atomic E-state index is 6.14. The number of hydrogen-bond acceptors (Lipinski definition) is 4. The van der Waals surface area contributed by atoms with Gasteiger partial charge >= 0.3 is 0 Å². The number of ether oxygens (including phenoxy) is 1. The third-order valence-corrected chi connectivity index (χ3v) is 8.47. The van der Waals surface area contributed by atoms with E-state index < -0.39 is 0 Å². The van der Waals surface area contributed by atoms with E-state index in [9.17, 15) is 0 Å². The molecule has 5 nitrogen and oxygen atoms in total. The van der Waals surface area contributed by atoms with Gasteiger partial charge in [0.25, 0.3) is 0 Å². The van der Waals surface area contributed by atoms with Crippen LogP contribution in [0.2, 0.25) is 0 Å². The van der Waals surface area contributed by atoms with E-state index in [-0.39, 0.29) is 12.4 Å². The van der Waals surface area contributed by atoms with Gasteiger partial charge in [0.15, 0.2) is 0 Å². The van der Waals surface area contributed by atoms with E-state index in [0.29, 0.717) is 30.5 Å². The Morgan fingerprint density at radius 3 is 2.54 bits per heavy atom. The molecule has 6 heteroatoms. The smallest absolute Gasteiger partial charge is 0.0483 e. The van der Waals surface area contributed by atoms with Crippen LogP contribution < -0.4 is 16.8 Å². The molecule has 0 bridgehead atoms. The normalized spacial score (nSPS) is 21.6. The third-order valence-electron chi connectivity index (χ3n) is 8.47. The standard InChI is InChI=1S/C31H44N4O.ClH/c1-22-3-2-4-25(17-22)28(11-14-34-27-8-6-26(33)7-9-27)30-21-35(20-23-12-15-36-16-13-23)31-10-5-24(19-32)18-29(30)31;/h2-5,10,17-18,21,23,26-28,34H,6-9,11-16,19-20,32-33H2,1H3;1H. The first-order valence-corrected chi connectivity index (χ1v) is 14.1. The summed E-state index contributed by atoms with van der Waals surface area (Å²) in [4.78, 5) is 0. The number of halogens is 1. The number of rotatable bonds is 9. The molecule has 2 aromatic carbocycles. The van der Waals surface area contributed by atoms with Crippen molar-refractivity contribution in [1.29, 1.82) is 0 Å². The molecular weight excluding hydrogens is 480 g/mol. The summed E-state index contributed by atoms with van der Waals surface area (Å²) in [5.41, 5.74) is 18.9. The zero-order chi connectivity index (χ0) is 24.9. The van der Waals surface area contributed by atoms with Gasteiger partial charge in [-0.05, 0) is 93.2 Å². The number of nitrogens with zero attached hydrogens (tertiary/aromatic N) is 1. The van der Waals surface area contributed by atoms with Crippen LogP contribution in [-0.2, 0) is 17.8 Å². The van der Waals surface area contributed by atoms with Gasteiger partial charge < -0.3 is 26.1 Å². The molecule has 1 atom stereocenters. The van der Waals surface area contributed by atoms with Crippen molar-refractivity contribution in [2.24, 2.45) is 17.4 Å². The molecule has 0 radical (unpaired) electrons. The molecule has 1 saturated heterocycles.